The van der Waals surface area contributed by atoms with E-state index in [1.807, 2.05) is 11.8 Å². The van der Waals surface area contributed by atoms with Gasteiger partial charge in [0, 0.05) is 19.6 Å². The first-order chi connectivity index (χ1) is 9.15. The molecule has 0 atom stereocenters. The van der Waals surface area contributed by atoms with Crippen LogP contribution in [0.25, 0.3) is 0 Å². The molecule has 19 heavy (non-hydrogen) atoms. The SMILES string of the molecule is CCCCN(CCCC)C(=O)c1c(N)cnn1CC. The van der Waals surface area contributed by atoms with Gasteiger partial charge in [0.2, 0.25) is 0 Å². The summed E-state index contributed by atoms with van der Waals surface area (Å²) in [6.07, 6.45) is 5.77. The molecule has 0 bridgehead atoms. The van der Waals surface area contributed by atoms with Crippen LogP contribution in [0.3, 0.4) is 0 Å². The van der Waals surface area contributed by atoms with Gasteiger partial charge in [-0.3, -0.25) is 9.48 Å². The van der Waals surface area contributed by atoms with Crippen molar-refractivity contribution in [3.63, 3.8) is 0 Å². The summed E-state index contributed by atoms with van der Waals surface area (Å²) in [6.45, 7) is 8.48. The van der Waals surface area contributed by atoms with Crippen molar-refractivity contribution >= 4 is 11.6 Å². The van der Waals surface area contributed by atoms with Crippen molar-refractivity contribution in [1.29, 1.82) is 0 Å². The quantitative estimate of drug-likeness (QED) is 0.786. The standard InChI is InChI=1S/C14H26N4O/c1-4-7-9-17(10-8-5-2)14(19)13-12(15)11-16-18(13)6-3/h11H,4-10,15H2,1-3H3. The fourth-order valence-electron chi connectivity index (χ4n) is 2.04. The van der Waals surface area contributed by atoms with E-state index in [0.29, 0.717) is 17.9 Å². The Morgan fingerprint density at radius 3 is 2.32 bits per heavy atom. The highest BCUT2D eigenvalue weighted by Gasteiger charge is 2.21. The van der Waals surface area contributed by atoms with E-state index in [2.05, 4.69) is 18.9 Å². The lowest BCUT2D eigenvalue weighted by Crippen LogP contribution is -2.34. The van der Waals surface area contributed by atoms with Crippen LogP contribution in [-0.2, 0) is 6.54 Å². The molecule has 5 nitrogen and oxygen atoms in total. The molecule has 0 fully saturated rings. The summed E-state index contributed by atoms with van der Waals surface area (Å²) in [5.41, 5.74) is 6.90. The second-order valence-corrected chi connectivity index (χ2v) is 4.76. The number of nitrogens with two attached hydrogens (primary N) is 1. The zero-order valence-corrected chi connectivity index (χ0v) is 12.4. The van der Waals surface area contributed by atoms with Gasteiger partial charge < -0.3 is 10.6 Å². The molecule has 0 saturated heterocycles. The molecule has 0 spiro atoms. The minimum Gasteiger partial charge on any atom is -0.396 e. The first-order valence-electron chi connectivity index (χ1n) is 7.26. The molecule has 0 aliphatic rings. The molecule has 1 amide bonds. The summed E-state index contributed by atoms with van der Waals surface area (Å²) >= 11 is 0. The number of carbonyl (C=O) groups is 1. The summed E-state index contributed by atoms with van der Waals surface area (Å²) < 4.78 is 1.68. The highest BCUT2D eigenvalue weighted by Crippen LogP contribution is 2.15. The Morgan fingerprint density at radius 1 is 1.26 bits per heavy atom. The maximum atomic E-state index is 12.6. The van der Waals surface area contributed by atoms with Crippen LogP contribution < -0.4 is 5.73 Å². The smallest absolute Gasteiger partial charge is 0.274 e. The molecule has 0 aromatic carbocycles. The first kappa shape index (κ1) is 15.5. The third-order valence-electron chi connectivity index (χ3n) is 3.22. The monoisotopic (exact) mass is 266 g/mol. The molecule has 108 valence electrons. The average molecular weight is 266 g/mol. The number of aromatic nitrogens is 2. The van der Waals surface area contributed by atoms with Crippen LogP contribution in [0.15, 0.2) is 6.20 Å². The zero-order valence-electron chi connectivity index (χ0n) is 12.4. The van der Waals surface area contributed by atoms with E-state index in [-0.39, 0.29) is 5.91 Å². The maximum absolute atomic E-state index is 12.6. The number of aryl methyl sites for hydroxylation is 1. The molecule has 0 aliphatic carbocycles. The van der Waals surface area contributed by atoms with Crippen LogP contribution in [0.4, 0.5) is 5.69 Å². The van der Waals surface area contributed by atoms with E-state index in [1.54, 1.807) is 10.9 Å². The Hall–Kier alpha value is -1.52. The van der Waals surface area contributed by atoms with Crippen LogP contribution in [-0.4, -0.2) is 33.7 Å². The van der Waals surface area contributed by atoms with E-state index in [0.717, 1.165) is 38.8 Å². The second-order valence-electron chi connectivity index (χ2n) is 4.76. The summed E-state index contributed by atoms with van der Waals surface area (Å²) in [4.78, 5) is 14.5. The van der Waals surface area contributed by atoms with Gasteiger partial charge in [0.15, 0.2) is 0 Å². The first-order valence-corrected chi connectivity index (χ1v) is 7.26. The Kier molecular flexibility index (Phi) is 6.39. The predicted molar refractivity (Wildman–Crippen MR) is 78.0 cm³/mol. The van der Waals surface area contributed by atoms with Crippen LogP contribution in [0.2, 0.25) is 0 Å². The summed E-state index contributed by atoms with van der Waals surface area (Å²) in [6, 6.07) is 0. The minimum atomic E-state index is 0.0127. The summed E-state index contributed by atoms with van der Waals surface area (Å²) in [5, 5.41) is 4.14. The third-order valence-corrected chi connectivity index (χ3v) is 3.22. The Bertz CT molecular complexity index is 392. The predicted octanol–water partition coefficient (Wildman–Crippen LogP) is 2.53. The lowest BCUT2D eigenvalue weighted by Gasteiger charge is -2.23. The van der Waals surface area contributed by atoms with Gasteiger partial charge in [-0.15, -0.1) is 0 Å². The van der Waals surface area contributed by atoms with Gasteiger partial charge >= 0.3 is 0 Å². The molecule has 1 heterocycles. The van der Waals surface area contributed by atoms with Crippen molar-refractivity contribution < 1.29 is 4.79 Å². The number of hydrogen-bond acceptors (Lipinski definition) is 3. The Labute approximate surface area is 115 Å². The molecular formula is C14H26N4O. The number of rotatable bonds is 8. The molecule has 0 unspecified atom stereocenters. The van der Waals surface area contributed by atoms with Crippen LogP contribution in [0, 0.1) is 0 Å². The number of nitrogen functional groups attached to an aromatic ring is 1. The Morgan fingerprint density at radius 2 is 1.84 bits per heavy atom. The molecule has 2 N–H and O–H groups in total. The normalized spacial score (nSPS) is 10.7. The molecule has 1 rings (SSSR count). The van der Waals surface area contributed by atoms with Gasteiger partial charge in [-0.25, -0.2) is 0 Å². The van der Waals surface area contributed by atoms with Crippen molar-refractivity contribution in [2.24, 2.45) is 0 Å². The summed E-state index contributed by atoms with van der Waals surface area (Å²) in [5.74, 6) is 0.0127. The number of anilines is 1. The Balaban J connectivity index is 2.87. The number of unbranched alkanes of at least 4 members (excludes halogenated alkanes) is 2. The average Bonchev–Trinajstić information content (AvgIpc) is 2.79. The van der Waals surface area contributed by atoms with Crippen LogP contribution in [0.1, 0.15) is 56.9 Å². The molecule has 0 saturated carbocycles. The van der Waals surface area contributed by atoms with Gasteiger partial charge in [-0.2, -0.15) is 5.10 Å². The molecule has 5 heteroatoms. The lowest BCUT2D eigenvalue weighted by atomic mass is 10.2. The van der Waals surface area contributed by atoms with Crippen molar-refractivity contribution in [2.75, 3.05) is 18.8 Å². The van der Waals surface area contributed by atoms with E-state index >= 15 is 0 Å². The minimum absolute atomic E-state index is 0.0127. The number of hydrogen-bond donors (Lipinski definition) is 1. The van der Waals surface area contributed by atoms with Gasteiger partial charge in [0.1, 0.15) is 5.69 Å². The fourth-order valence-corrected chi connectivity index (χ4v) is 2.04. The largest absolute Gasteiger partial charge is 0.396 e. The highest BCUT2D eigenvalue weighted by atomic mass is 16.2. The highest BCUT2D eigenvalue weighted by molar-refractivity contribution is 5.97. The fraction of sp³-hybridized carbons (Fsp3) is 0.714. The topological polar surface area (TPSA) is 64.2 Å². The van der Waals surface area contributed by atoms with Crippen molar-refractivity contribution in [2.45, 2.75) is 53.0 Å². The lowest BCUT2D eigenvalue weighted by molar-refractivity contribution is 0.0739. The molecule has 0 aliphatic heterocycles. The maximum Gasteiger partial charge on any atom is 0.274 e. The van der Waals surface area contributed by atoms with Gasteiger partial charge in [-0.05, 0) is 19.8 Å². The second kappa shape index (κ2) is 7.81. The molecule has 0 radical (unpaired) electrons. The van der Waals surface area contributed by atoms with Crippen molar-refractivity contribution in [3.8, 4) is 0 Å². The summed E-state index contributed by atoms with van der Waals surface area (Å²) in [7, 11) is 0. The zero-order chi connectivity index (χ0) is 14.3. The van der Waals surface area contributed by atoms with Gasteiger partial charge in [-0.1, -0.05) is 26.7 Å². The van der Waals surface area contributed by atoms with Crippen molar-refractivity contribution in [1.82, 2.24) is 14.7 Å². The molecular weight excluding hydrogens is 240 g/mol. The van der Waals surface area contributed by atoms with E-state index < -0.39 is 0 Å². The van der Waals surface area contributed by atoms with E-state index in [9.17, 15) is 4.79 Å². The van der Waals surface area contributed by atoms with Crippen molar-refractivity contribution in [3.05, 3.63) is 11.9 Å². The van der Waals surface area contributed by atoms with E-state index in [4.69, 9.17) is 5.73 Å². The molecule has 1 aromatic rings. The van der Waals surface area contributed by atoms with Crippen LogP contribution >= 0.6 is 0 Å². The van der Waals surface area contributed by atoms with Gasteiger partial charge in [0.25, 0.3) is 5.91 Å². The van der Waals surface area contributed by atoms with Gasteiger partial charge in [0.05, 0.1) is 11.9 Å². The number of nitrogens with zero attached hydrogens (tertiary/aromatic N) is 3. The third kappa shape index (κ3) is 3.98. The van der Waals surface area contributed by atoms with Crippen LogP contribution in [0.5, 0.6) is 0 Å². The number of carbonyl (C=O) groups excluding carboxylic acids is 1. The number of amides is 1. The molecule has 1 aromatic heterocycles. The van der Waals surface area contributed by atoms with E-state index in [1.165, 1.54) is 0 Å².